The van der Waals surface area contributed by atoms with Crippen LogP contribution < -0.4 is 10.2 Å². The SMILES string of the molecule is COC(=O)C12CC3CC(C1)C(NC(=O)C(C)(OC)N1CCN(c4ccccn4)CC1)C(C3)C2. The Bertz CT molecular complexity index is 872. The fourth-order valence-electron chi connectivity index (χ4n) is 7.28. The summed E-state index contributed by atoms with van der Waals surface area (Å²) in [6.45, 7) is 4.91. The molecule has 0 spiro atoms. The van der Waals surface area contributed by atoms with Crippen LogP contribution in [-0.4, -0.2) is 73.9 Å². The first-order valence-electron chi connectivity index (χ1n) is 12.2. The summed E-state index contributed by atoms with van der Waals surface area (Å²) in [5.74, 6) is 2.08. The Kier molecular flexibility index (Phi) is 5.85. The standard InChI is InChI=1S/C25H36N4O4/c1-24(33-3,29-10-8-28(9-11-29)20-6-4-5-7-26-20)22(30)27-21-18-12-17-13-19(21)16-25(14-17,15-18)23(31)32-2/h4-7,17-19,21H,8-16H2,1-3H3,(H,27,30). The van der Waals surface area contributed by atoms with Crippen molar-refractivity contribution in [3.63, 3.8) is 0 Å². The molecule has 4 bridgehead atoms. The molecule has 1 aromatic rings. The number of piperazine rings is 1. The van der Waals surface area contributed by atoms with E-state index < -0.39 is 5.72 Å². The first kappa shape index (κ1) is 22.6. The van der Waals surface area contributed by atoms with Gasteiger partial charge in [0, 0.05) is 45.5 Å². The van der Waals surface area contributed by atoms with Gasteiger partial charge < -0.3 is 19.7 Å². The van der Waals surface area contributed by atoms with Crippen molar-refractivity contribution >= 4 is 17.7 Å². The minimum absolute atomic E-state index is 0.0563. The van der Waals surface area contributed by atoms with E-state index in [0.29, 0.717) is 17.8 Å². The highest BCUT2D eigenvalue weighted by molar-refractivity contribution is 5.85. The number of nitrogens with one attached hydrogen (secondary N) is 1. The number of nitrogens with zero attached hydrogens (tertiary/aromatic N) is 3. The average Bonchev–Trinajstić information content (AvgIpc) is 2.85. The molecule has 8 heteroatoms. The van der Waals surface area contributed by atoms with Gasteiger partial charge in [0.25, 0.3) is 5.91 Å². The second kappa shape index (κ2) is 8.55. The fourth-order valence-corrected chi connectivity index (χ4v) is 7.28. The third-order valence-corrected chi connectivity index (χ3v) is 8.86. The Balaban J connectivity index is 1.25. The summed E-state index contributed by atoms with van der Waals surface area (Å²) >= 11 is 0. The van der Waals surface area contributed by atoms with E-state index in [-0.39, 0.29) is 23.3 Å². The molecule has 0 aromatic carbocycles. The Hall–Kier alpha value is -2.19. The number of aromatic nitrogens is 1. The number of hydrogen-bond donors (Lipinski definition) is 1. The molecule has 2 heterocycles. The van der Waals surface area contributed by atoms with Crippen molar-refractivity contribution in [1.82, 2.24) is 15.2 Å². The molecule has 4 aliphatic carbocycles. The van der Waals surface area contributed by atoms with Gasteiger partial charge in [-0.1, -0.05) is 6.07 Å². The Morgan fingerprint density at radius 3 is 2.36 bits per heavy atom. The number of anilines is 1. The van der Waals surface area contributed by atoms with Crippen LogP contribution in [0.25, 0.3) is 0 Å². The fraction of sp³-hybridized carbons (Fsp3) is 0.720. The van der Waals surface area contributed by atoms with E-state index in [0.717, 1.165) is 64.1 Å². The highest BCUT2D eigenvalue weighted by Gasteiger charge is 2.60. The lowest BCUT2D eigenvalue weighted by atomic mass is 9.48. The molecule has 5 fully saturated rings. The summed E-state index contributed by atoms with van der Waals surface area (Å²) in [5, 5.41) is 3.38. The molecule has 1 saturated heterocycles. The second-order valence-electron chi connectivity index (χ2n) is 10.6. The molecule has 0 radical (unpaired) electrons. The van der Waals surface area contributed by atoms with E-state index >= 15 is 0 Å². The Morgan fingerprint density at radius 2 is 1.79 bits per heavy atom. The number of carbonyl (C=O) groups excluding carboxylic acids is 2. The predicted molar refractivity (Wildman–Crippen MR) is 123 cm³/mol. The lowest BCUT2D eigenvalue weighted by molar-refractivity contribution is -0.178. The average molecular weight is 457 g/mol. The lowest BCUT2D eigenvalue weighted by Crippen LogP contribution is -2.67. The lowest BCUT2D eigenvalue weighted by Gasteiger charge is -2.59. The maximum Gasteiger partial charge on any atom is 0.311 e. The molecular weight excluding hydrogens is 420 g/mol. The van der Waals surface area contributed by atoms with E-state index in [4.69, 9.17) is 9.47 Å². The molecular formula is C25H36N4O4. The van der Waals surface area contributed by atoms with Gasteiger partial charge in [-0.3, -0.25) is 14.5 Å². The predicted octanol–water partition coefficient (Wildman–Crippen LogP) is 2.05. The minimum Gasteiger partial charge on any atom is -0.469 e. The highest BCUT2D eigenvalue weighted by Crippen LogP contribution is 2.60. The summed E-state index contributed by atoms with van der Waals surface area (Å²) < 4.78 is 11.0. The van der Waals surface area contributed by atoms with Crippen molar-refractivity contribution < 1.29 is 19.1 Å². The van der Waals surface area contributed by atoms with Gasteiger partial charge >= 0.3 is 5.97 Å². The number of hydrogen-bond acceptors (Lipinski definition) is 7. The van der Waals surface area contributed by atoms with Crippen molar-refractivity contribution in [2.45, 2.75) is 50.8 Å². The van der Waals surface area contributed by atoms with Gasteiger partial charge in [0.1, 0.15) is 5.82 Å². The van der Waals surface area contributed by atoms with Crippen LogP contribution in [0, 0.1) is 23.2 Å². The number of rotatable bonds is 6. The maximum absolute atomic E-state index is 13.6. The molecule has 1 amide bonds. The molecule has 1 aliphatic heterocycles. The zero-order chi connectivity index (χ0) is 23.2. The molecule has 1 N–H and O–H groups in total. The van der Waals surface area contributed by atoms with E-state index in [1.165, 1.54) is 7.11 Å². The van der Waals surface area contributed by atoms with Crippen LogP contribution in [0.4, 0.5) is 5.82 Å². The number of amides is 1. The van der Waals surface area contributed by atoms with Crippen LogP contribution in [0.15, 0.2) is 24.4 Å². The summed E-state index contributed by atoms with van der Waals surface area (Å²) in [4.78, 5) is 35.0. The monoisotopic (exact) mass is 456 g/mol. The van der Waals surface area contributed by atoms with Gasteiger partial charge in [-0.05, 0) is 68.9 Å². The van der Waals surface area contributed by atoms with Crippen LogP contribution >= 0.6 is 0 Å². The van der Waals surface area contributed by atoms with E-state index in [1.54, 1.807) is 7.11 Å². The third-order valence-electron chi connectivity index (χ3n) is 8.86. The van der Waals surface area contributed by atoms with Crippen LogP contribution in [0.2, 0.25) is 0 Å². The molecule has 33 heavy (non-hydrogen) atoms. The number of esters is 1. The quantitative estimate of drug-likeness (QED) is 0.656. The topological polar surface area (TPSA) is 84.0 Å². The van der Waals surface area contributed by atoms with Crippen molar-refractivity contribution in [2.75, 3.05) is 45.3 Å². The van der Waals surface area contributed by atoms with Gasteiger partial charge in [0.2, 0.25) is 0 Å². The summed E-state index contributed by atoms with van der Waals surface area (Å²) in [6, 6.07) is 6.04. The zero-order valence-corrected chi connectivity index (χ0v) is 20.0. The molecule has 4 saturated carbocycles. The highest BCUT2D eigenvalue weighted by atomic mass is 16.5. The molecule has 8 nitrogen and oxygen atoms in total. The van der Waals surface area contributed by atoms with E-state index in [1.807, 2.05) is 31.3 Å². The van der Waals surface area contributed by atoms with Gasteiger partial charge in [-0.2, -0.15) is 0 Å². The zero-order valence-electron chi connectivity index (χ0n) is 20.0. The van der Waals surface area contributed by atoms with Crippen molar-refractivity contribution in [3.8, 4) is 0 Å². The Labute approximate surface area is 196 Å². The van der Waals surface area contributed by atoms with E-state index in [2.05, 4.69) is 20.1 Å². The second-order valence-corrected chi connectivity index (χ2v) is 10.6. The van der Waals surface area contributed by atoms with Gasteiger partial charge in [-0.25, -0.2) is 4.98 Å². The summed E-state index contributed by atoms with van der Waals surface area (Å²) in [7, 11) is 3.12. The molecule has 180 valence electrons. The summed E-state index contributed by atoms with van der Waals surface area (Å²) in [5.41, 5.74) is -1.36. The van der Waals surface area contributed by atoms with Gasteiger partial charge in [0.05, 0.1) is 12.5 Å². The molecule has 3 unspecified atom stereocenters. The number of pyridine rings is 1. The normalized spacial score (nSPS) is 35.2. The van der Waals surface area contributed by atoms with Crippen molar-refractivity contribution in [1.29, 1.82) is 0 Å². The number of carbonyl (C=O) groups is 2. The first-order valence-corrected chi connectivity index (χ1v) is 12.2. The van der Waals surface area contributed by atoms with Crippen LogP contribution in [-0.2, 0) is 19.1 Å². The van der Waals surface area contributed by atoms with Gasteiger partial charge in [0.15, 0.2) is 5.72 Å². The summed E-state index contributed by atoms with van der Waals surface area (Å²) in [6.07, 6.45) is 6.58. The van der Waals surface area contributed by atoms with Crippen LogP contribution in [0.1, 0.15) is 39.0 Å². The molecule has 6 rings (SSSR count). The van der Waals surface area contributed by atoms with Crippen LogP contribution in [0.3, 0.4) is 0 Å². The van der Waals surface area contributed by atoms with Gasteiger partial charge in [-0.15, -0.1) is 0 Å². The number of ether oxygens (including phenoxy) is 2. The molecule has 1 aromatic heterocycles. The molecule has 3 atom stereocenters. The number of methoxy groups -OCH3 is 2. The maximum atomic E-state index is 13.6. The van der Waals surface area contributed by atoms with Crippen molar-refractivity contribution in [2.24, 2.45) is 23.2 Å². The largest absolute Gasteiger partial charge is 0.469 e. The molecule has 5 aliphatic rings. The smallest absolute Gasteiger partial charge is 0.311 e. The first-order chi connectivity index (χ1) is 15.9. The minimum atomic E-state index is -1.02. The van der Waals surface area contributed by atoms with Crippen molar-refractivity contribution in [3.05, 3.63) is 24.4 Å². The Morgan fingerprint density at radius 1 is 1.09 bits per heavy atom. The van der Waals surface area contributed by atoms with Crippen LogP contribution in [0.5, 0.6) is 0 Å². The third kappa shape index (κ3) is 3.81. The van der Waals surface area contributed by atoms with E-state index in [9.17, 15) is 9.59 Å².